The van der Waals surface area contributed by atoms with Crippen LogP contribution < -0.4 is 5.73 Å². The molecule has 1 aromatic carbocycles. The molecule has 0 aromatic heterocycles. The minimum Gasteiger partial charge on any atom is -0.324 e. The number of hydrogen-bond donors (Lipinski definition) is 1. The lowest BCUT2D eigenvalue weighted by molar-refractivity contribution is 0.187. The van der Waals surface area contributed by atoms with Gasteiger partial charge >= 0.3 is 0 Å². The lowest BCUT2D eigenvalue weighted by Gasteiger charge is -2.30. The maximum Gasteiger partial charge on any atom is 0.0307 e. The molecule has 0 bridgehead atoms. The summed E-state index contributed by atoms with van der Waals surface area (Å²) in [5, 5.41) is 0. The molecule has 1 saturated heterocycles. The zero-order valence-electron chi connectivity index (χ0n) is 11.7. The SMILES string of the molecule is Cc1cccc(C(N)CCN2CCC(C)CC2)c1. The molecule has 1 fully saturated rings. The van der Waals surface area contributed by atoms with Crippen LogP contribution in [0.4, 0.5) is 0 Å². The molecule has 2 heteroatoms. The Balaban J connectivity index is 1.79. The Hall–Kier alpha value is -0.860. The van der Waals surface area contributed by atoms with Crippen molar-refractivity contribution in [1.29, 1.82) is 0 Å². The highest BCUT2D eigenvalue weighted by molar-refractivity contribution is 5.24. The summed E-state index contributed by atoms with van der Waals surface area (Å²) in [6, 6.07) is 8.78. The van der Waals surface area contributed by atoms with Gasteiger partial charge in [-0.2, -0.15) is 0 Å². The van der Waals surface area contributed by atoms with Crippen molar-refractivity contribution in [2.24, 2.45) is 11.7 Å². The topological polar surface area (TPSA) is 29.3 Å². The minimum atomic E-state index is 0.184. The van der Waals surface area contributed by atoms with E-state index in [1.54, 1.807) is 0 Å². The molecule has 1 aliphatic rings. The number of likely N-dealkylation sites (tertiary alicyclic amines) is 1. The van der Waals surface area contributed by atoms with E-state index in [0.717, 1.165) is 18.9 Å². The Morgan fingerprint density at radius 2 is 2.06 bits per heavy atom. The molecule has 0 amide bonds. The van der Waals surface area contributed by atoms with Gasteiger partial charge in [0.25, 0.3) is 0 Å². The van der Waals surface area contributed by atoms with E-state index in [2.05, 4.69) is 43.0 Å². The standard InChI is InChI=1S/C16H26N2/c1-13-6-9-18(10-7-13)11-8-16(17)15-5-3-4-14(2)12-15/h3-5,12-13,16H,6-11,17H2,1-2H3. The number of piperidine rings is 1. The summed E-state index contributed by atoms with van der Waals surface area (Å²) in [6.45, 7) is 8.13. The van der Waals surface area contributed by atoms with Crippen molar-refractivity contribution in [3.05, 3.63) is 35.4 Å². The zero-order valence-corrected chi connectivity index (χ0v) is 11.7. The van der Waals surface area contributed by atoms with Gasteiger partial charge in [0.05, 0.1) is 0 Å². The minimum absolute atomic E-state index is 0.184. The van der Waals surface area contributed by atoms with Crippen LogP contribution in [0.15, 0.2) is 24.3 Å². The van der Waals surface area contributed by atoms with Crippen LogP contribution in [0.1, 0.15) is 43.4 Å². The molecular weight excluding hydrogens is 220 g/mol. The van der Waals surface area contributed by atoms with E-state index in [1.165, 1.54) is 37.1 Å². The van der Waals surface area contributed by atoms with E-state index < -0.39 is 0 Å². The molecule has 0 aliphatic carbocycles. The number of nitrogens with zero attached hydrogens (tertiary/aromatic N) is 1. The van der Waals surface area contributed by atoms with Gasteiger partial charge in [0.1, 0.15) is 0 Å². The molecular formula is C16H26N2. The lowest BCUT2D eigenvalue weighted by Crippen LogP contribution is -2.34. The first kappa shape index (κ1) is 13.6. The van der Waals surface area contributed by atoms with Crippen LogP contribution in [0.25, 0.3) is 0 Å². The van der Waals surface area contributed by atoms with Crippen molar-refractivity contribution in [2.45, 2.75) is 39.2 Å². The van der Waals surface area contributed by atoms with E-state index in [9.17, 15) is 0 Å². The maximum absolute atomic E-state index is 6.28. The highest BCUT2D eigenvalue weighted by Gasteiger charge is 2.16. The third-order valence-electron chi connectivity index (χ3n) is 4.10. The van der Waals surface area contributed by atoms with Gasteiger partial charge in [-0.3, -0.25) is 0 Å². The van der Waals surface area contributed by atoms with Crippen molar-refractivity contribution in [1.82, 2.24) is 4.90 Å². The molecule has 0 saturated carbocycles. The smallest absolute Gasteiger partial charge is 0.0307 e. The first-order chi connectivity index (χ1) is 8.65. The lowest BCUT2D eigenvalue weighted by atomic mass is 9.98. The van der Waals surface area contributed by atoms with Crippen molar-refractivity contribution < 1.29 is 0 Å². The first-order valence-electron chi connectivity index (χ1n) is 7.19. The van der Waals surface area contributed by atoms with E-state index in [0.29, 0.717) is 0 Å². The van der Waals surface area contributed by atoms with Gasteiger partial charge in [-0.15, -0.1) is 0 Å². The fourth-order valence-electron chi connectivity index (χ4n) is 2.67. The number of benzene rings is 1. The Morgan fingerprint density at radius 1 is 1.33 bits per heavy atom. The first-order valence-corrected chi connectivity index (χ1v) is 7.19. The van der Waals surface area contributed by atoms with Crippen LogP contribution in [0.3, 0.4) is 0 Å². The summed E-state index contributed by atoms with van der Waals surface area (Å²) in [6.07, 6.45) is 3.76. The van der Waals surface area contributed by atoms with Gasteiger partial charge in [0, 0.05) is 6.04 Å². The second-order valence-electron chi connectivity index (χ2n) is 5.83. The van der Waals surface area contributed by atoms with Gasteiger partial charge in [-0.25, -0.2) is 0 Å². The Labute approximate surface area is 111 Å². The predicted molar refractivity (Wildman–Crippen MR) is 77.6 cm³/mol. The molecule has 100 valence electrons. The fourth-order valence-corrected chi connectivity index (χ4v) is 2.67. The molecule has 1 unspecified atom stereocenters. The van der Waals surface area contributed by atoms with Gasteiger partial charge < -0.3 is 10.6 Å². The summed E-state index contributed by atoms with van der Waals surface area (Å²) in [4.78, 5) is 2.57. The molecule has 1 aromatic rings. The highest BCUT2D eigenvalue weighted by atomic mass is 15.1. The molecule has 1 heterocycles. The maximum atomic E-state index is 6.28. The van der Waals surface area contributed by atoms with E-state index in [4.69, 9.17) is 5.73 Å². The number of aryl methyl sites for hydroxylation is 1. The number of nitrogens with two attached hydrogens (primary N) is 1. The molecule has 1 atom stereocenters. The Bertz CT molecular complexity index is 367. The second kappa shape index (κ2) is 6.35. The largest absolute Gasteiger partial charge is 0.324 e. The van der Waals surface area contributed by atoms with Crippen molar-refractivity contribution in [3.63, 3.8) is 0 Å². The number of rotatable bonds is 4. The average Bonchev–Trinajstić information content (AvgIpc) is 2.38. The van der Waals surface area contributed by atoms with E-state index in [1.807, 2.05) is 0 Å². The van der Waals surface area contributed by atoms with Gasteiger partial charge in [-0.05, 0) is 57.3 Å². The molecule has 0 radical (unpaired) electrons. The number of hydrogen-bond acceptors (Lipinski definition) is 2. The quantitative estimate of drug-likeness (QED) is 0.884. The normalized spacial score (nSPS) is 19.9. The van der Waals surface area contributed by atoms with Crippen molar-refractivity contribution >= 4 is 0 Å². The second-order valence-corrected chi connectivity index (χ2v) is 5.83. The summed E-state index contributed by atoms with van der Waals surface area (Å²) < 4.78 is 0. The van der Waals surface area contributed by atoms with Crippen LogP contribution in [0.2, 0.25) is 0 Å². The van der Waals surface area contributed by atoms with E-state index >= 15 is 0 Å². The zero-order chi connectivity index (χ0) is 13.0. The van der Waals surface area contributed by atoms with Crippen LogP contribution in [0, 0.1) is 12.8 Å². The molecule has 0 spiro atoms. The van der Waals surface area contributed by atoms with Crippen LogP contribution in [0.5, 0.6) is 0 Å². The fraction of sp³-hybridized carbons (Fsp3) is 0.625. The summed E-state index contributed by atoms with van der Waals surface area (Å²) in [5.41, 5.74) is 8.86. The van der Waals surface area contributed by atoms with Crippen LogP contribution >= 0.6 is 0 Å². The Kier molecular flexibility index (Phi) is 4.79. The Morgan fingerprint density at radius 3 is 2.72 bits per heavy atom. The van der Waals surface area contributed by atoms with Gasteiger partial charge in [0.15, 0.2) is 0 Å². The third kappa shape index (κ3) is 3.82. The molecule has 2 nitrogen and oxygen atoms in total. The average molecular weight is 246 g/mol. The molecule has 2 N–H and O–H groups in total. The van der Waals surface area contributed by atoms with Crippen molar-refractivity contribution in [3.8, 4) is 0 Å². The van der Waals surface area contributed by atoms with Crippen LogP contribution in [-0.4, -0.2) is 24.5 Å². The highest BCUT2D eigenvalue weighted by Crippen LogP contribution is 2.19. The summed E-state index contributed by atoms with van der Waals surface area (Å²) in [7, 11) is 0. The molecule has 18 heavy (non-hydrogen) atoms. The molecule has 1 aliphatic heterocycles. The monoisotopic (exact) mass is 246 g/mol. The predicted octanol–water partition coefficient (Wildman–Crippen LogP) is 3.12. The third-order valence-corrected chi connectivity index (χ3v) is 4.10. The summed E-state index contributed by atoms with van der Waals surface area (Å²) >= 11 is 0. The molecule has 2 rings (SSSR count). The van der Waals surface area contributed by atoms with Crippen molar-refractivity contribution in [2.75, 3.05) is 19.6 Å². The van der Waals surface area contributed by atoms with Gasteiger partial charge in [0.2, 0.25) is 0 Å². The van der Waals surface area contributed by atoms with Crippen LogP contribution in [-0.2, 0) is 0 Å². The van der Waals surface area contributed by atoms with E-state index in [-0.39, 0.29) is 6.04 Å². The summed E-state index contributed by atoms with van der Waals surface area (Å²) in [5.74, 6) is 0.909. The van der Waals surface area contributed by atoms with Gasteiger partial charge in [-0.1, -0.05) is 36.8 Å².